The SMILES string of the molecule is CSc1nc(C2CC2)cc(N2CCN(c3ncccn3)CC2)n1. The Hall–Kier alpha value is -1.89. The summed E-state index contributed by atoms with van der Waals surface area (Å²) in [4.78, 5) is 22.6. The molecule has 0 atom stereocenters. The fourth-order valence-electron chi connectivity index (χ4n) is 2.86. The van der Waals surface area contributed by atoms with E-state index < -0.39 is 0 Å². The predicted octanol–water partition coefficient (Wildman–Crippen LogP) is 2.19. The van der Waals surface area contributed by atoms with Gasteiger partial charge >= 0.3 is 0 Å². The van der Waals surface area contributed by atoms with Crippen LogP contribution in [0.5, 0.6) is 0 Å². The average molecular weight is 328 g/mol. The molecule has 0 radical (unpaired) electrons. The van der Waals surface area contributed by atoms with Gasteiger partial charge in [-0.15, -0.1) is 0 Å². The number of aromatic nitrogens is 4. The molecule has 2 aromatic rings. The summed E-state index contributed by atoms with van der Waals surface area (Å²) < 4.78 is 0. The highest BCUT2D eigenvalue weighted by Gasteiger charge is 2.27. The van der Waals surface area contributed by atoms with Gasteiger partial charge in [0.2, 0.25) is 5.95 Å². The van der Waals surface area contributed by atoms with Crippen molar-refractivity contribution in [3.8, 4) is 0 Å². The molecule has 7 heteroatoms. The largest absolute Gasteiger partial charge is 0.353 e. The van der Waals surface area contributed by atoms with E-state index in [1.165, 1.54) is 18.5 Å². The second-order valence-electron chi connectivity index (χ2n) is 5.93. The number of rotatable bonds is 4. The third-order valence-electron chi connectivity index (χ3n) is 4.33. The smallest absolute Gasteiger partial charge is 0.225 e. The number of hydrogen-bond acceptors (Lipinski definition) is 7. The van der Waals surface area contributed by atoms with Crippen LogP contribution in [0.3, 0.4) is 0 Å². The summed E-state index contributed by atoms with van der Waals surface area (Å²) in [6, 6.07) is 4.04. The standard InChI is InChI=1S/C16H20N6S/c1-23-16-19-13(12-3-4-12)11-14(20-16)21-7-9-22(10-8-21)15-17-5-2-6-18-15/h2,5-6,11-12H,3-4,7-10H2,1H3. The molecule has 0 spiro atoms. The molecule has 0 N–H and O–H groups in total. The van der Waals surface area contributed by atoms with Gasteiger partial charge in [-0.3, -0.25) is 0 Å². The van der Waals surface area contributed by atoms with E-state index in [0.29, 0.717) is 5.92 Å². The van der Waals surface area contributed by atoms with Gasteiger partial charge in [-0.2, -0.15) is 0 Å². The fourth-order valence-corrected chi connectivity index (χ4v) is 3.24. The molecule has 1 saturated carbocycles. The Balaban J connectivity index is 1.48. The van der Waals surface area contributed by atoms with Crippen LogP contribution in [0.2, 0.25) is 0 Å². The molecule has 23 heavy (non-hydrogen) atoms. The molecular formula is C16H20N6S. The third kappa shape index (κ3) is 3.24. The summed E-state index contributed by atoms with van der Waals surface area (Å²) in [5, 5.41) is 0.887. The highest BCUT2D eigenvalue weighted by Crippen LogP contribution is 2.40. The molecule has 0 amide bonds. The van der Waals surface area contributed by atoms with Crippen molar-refractivity contribution in [1.29, 1.82) is 0 Å². The van der Waals surface area contributed by atoms with E-state index >= 15 is 0 Å². The molecule has 120 valence electrons. The molecule has 3 heterocycles. The highest BCUT2D eigenvalue weighted by atomic mass is 32.2. The van der Waals surface area contributed by atoms with Crippen LogP contribution in [-0.2, 0) is 0 Å². The van der Waals surface area contributed by atoms with Crippen molar-refractivity contribution in [2.45, 2.75) is 23.9 Å². The van der Waals surface area contributed by atoms with Crippen LogP contribution in [-0.4, -0.2) is 52.4 Å². The quantitative estimate of drug-likeness (QED) is 0.630. The number of thioether (sulfide) groups is 1. The van der Waals surface area contributed by atoms with Gasteiger partial charge in [0.25, 0.3) is 0 Å². The molecular weight excluding hydrogens is 308 g/mol. The predicted molar refractivity (Wildman–Crippen MR) is 92.2 cm³/mol. The van der Waals surface area contributed by atoms with Gasteiger partial charge in [-0.1, -0.05) is 11.8 Å². The second kappa shape index (κ2) is 6.31. The molecule has 1 saturated heterocycles. The van der Waals surface area contributed by atoms with Crippen molar-refractivity contribution >= 4 is 23.5 Å². The van der Waals surface area contributed by atoms with E-state index in [2.05, 4.69) is 30.8 Å². The molecule has 0 unspecified atom stereocenters. The second-order valence-corrected chi connectivity index (χ2v) is 6.71. The third-order valence-corrected chi connectivity index (χ3v) is 4.88. The fraction of sp³-hybridized carbons (Fsp3) is 0.500. The van der Waals surface area contributed by atoms with E-state index in [0.717, 1.165) is 43.1 Å². The Kier molecular flexibility index (Phi) is 4.03. The van der Waals surface area contributed by atoms with Crippen LogP contribution in [0.15, 0.2) is 29.7 Å². The van der Waals surface area contributed by atoms with E-state index in [9.17, 15) is 0 Å². The van der Waals surface area contributed by atoms with Crippen LogP contribution in [0.4, 0.5) is 11.8 Å². The Morgan fingerprint density at radius 2 is 1.70 bits per heavy atom. The maximum atomic E-state index is 4.71. The molecule has 2 aliphatic rings. The van der Waals surface area contributed by atoms with E-state index in [-0.39, 0.29) is 0 Å². The van der Waals surface area contributed by atoms with Gasteiger partial charge in [-0.25, -0.2) is 19.9 Å². The van der Waals surface area contributed by atoms with Gasteiger partial charge in [-0.05, 0) is 25.2 Å². The summed E-state index contributed by atoms with van der Waals surface area (Å²) >= 11 is 1.62. The van der Waals surface area contributed by atoms with Crippen molar-refractivity contribution in [1.82, 2.24) is 19.9 Å². The Bertz CT molecular complexity index is 668. The van der Waals surface area contributed by atoms with Crippen molar-refractivity contribution < 1.29 is 0 Å². The lowest BCUT2D eigenvalue weighted by Crippen LogP contribution is -2.47. The van der Waals surface area contributed by atoms with Crippen LogP contribution >= 0.6 is 11.8 Å². The Labute approximate surface area is 140 Å². The molecule has 0 aromatic carbocycles. The summed E-state index contributed by atoms with van der Waals surface area (Å²) in [5.41, 5.74) is 1.22. The van der Waals surface area contributed by atoms with Gasteiger partial charge in [0.15, 0.2) is 5.16 Å². The van der Waals surface area contributed by atoms with Crippen molar-refractivity contribution in [2.24, 2.45) is 0 Å². The van der Waals surface area contributed by atoms with Gasteiger partial charge in [0.1, 0.15) is 5.82 Å². The molecule has 2 fully saturated rings. The lowest BCUT2D eigenvalue weighted by molar-refractivity contribution is 0.630. The summed E-state index contributed by atoms with van der Waals surface area (Å²) in [6.07, 6.45) is 8.17. The minimum absolute atomic E-state index is 0.654. The minimum atomic E-state index is 0.654. The lowest BCUT2D eigenvalue weighted by atomic mass is 10.2. The lowest BCUT2D eigenvalue weighted by Gasteiger charge is -2.35. The number of piperazine rings is 1. The van der Waals surface area contributed by atoms with Crippen LogP contribution < -0.4 is 9.80 Å². The average Bonchev–Trinajstić information content (AvgIpc) is 3.47. The van der Waals surface area contributed by atoms with Crippen molar-refractivity contribution in [2.75, 3.05) is 42.2 Å². The summed E-state index contributed by atoms with van der Waals surface area (Å²) in [6.45, 7) is 3.71. The number of nitrogens with zero attached hydrogens (tertiary/aromatic N) is 6. The zero-order valence-corrected chi connectivity index (χ0v) is 14.0. The van der Waals surface area contributed by atoms with E-state index in [1.807, 2.05) is 12.3 Å². The van der Waals surface area contributed by atoms with Gasteiger partial charge < -0.3 is 9.80 Å². The summed E-state index contributed by atoms with van der Waals surface area (Å²) in [7, 11) is 0. The first-order valence-electron chi connectivity index (χ1n) is 8.03. The molecule has 0 bridgehead atoms. The molecule has 1 aliphatic carbocycles. The first-order chi connectivity index (χ1) is 11.3. The van der Waals surface area contributed by atoms with Crippen LogP contribution in [0.25, 0.3) is 0 Å². The van der Waals surface area contributed by atoms with Gasteiger partial charge in [0, 0.05) is 50.6 Å². The topological polar surface area (TPSA) is 58.0 Å². The Morgan fingerprint density at radius 3 is 2.35 bits per heavy atom. The van der Waals surface area contributed by atoms with E-state index in [4.69, 9.17) is 4.98 Å². The molecule has 4 rings (SSSR count). The molecule has 6 nitrogen and oxygen atoms in total. The van der Waals surface area contributed by atoms with Gasteiger partial charge in [0.05, 0.1) is 5.69 Å². The normalized spacial score (nSPS) is 18.3. The maximum absolute atomic E-state index is 4.71. The zero-order valence-electron chi connectivity index (χ0n) is 13.2. The first kappa shape index (κ1) is 14.7. The number of hydrogen-bond donors (Lipinski definition) is 0. The minimum Gasteiger partial charge on any atom is -0.353 e. The van der Waals surface area contributed by atoms with Crippen molar-refractivity contribution in [3.05, 3.63) is 30.2 Å². The van der Waals surface area contributed by atoms with Crippen LogP contribution in [0, 0.1) is 0 Å². The first-order valence-corrected chi connectivity index (χ1v) is 9.26. The van der Waals surface area contributed by atoms with Crippen molar-refractivity contribution in [3.63, 3.8) is 0 Å². The van der Waals surface area contributed by atoms with E-state index in [1.54, 1.807) is 24.2 Å². The maximum Gasteiger partial charge on any atom is 0.225 e. The zero-order chi connectivity index (χ0) is 15.6. The monoisotopic (exact) mass is 328 g/mol. The highest BCUT2D eigenvalue weighted by molar-refractivity contribution is 7.98. The molecule has 1 aliphatic heterocycles. The Morgan fingerprint density at radius 1 is 1.00 bits per heavy atom. The number of anilines is 2. The van der Waals surface area contributed by atoms with Crippen LogP contribution in [0.1, 0.15) is 24.5 Å². The summed E-state index contributed by atoms with van der Waals surface area (Å²) in [5.74, 6) is 2.54. The molecule has 2 aromatic heterocycles.